The standard InChI is InChI=1S/C10H15N3O5/c1-5(9(16)17)6(2)11-10(18)13-3-7(14)12-8(15)4-13/h5-6H,3-4H2,1-2H3,(H,11,18)(H,16,17)(H,12,14,15). The minimum absolute atomic E-state index is 0.217. The fourth-order valence-corrected chi connectivity index (χ4v) is 1.41. The van der Waals surface area contributed by atoms with Crippen LogP contribution in [0, 0.1) is 5.92 Å². The van der Waals surface area contributed by atoms with Gasteiger partial charge in [-0.2, -0.15) is 0 Å². The van der Waals surface area contributed by atoms with Gasteiger partial charge >= 0.3 is 12.0 Å². The van der Waals surface area contributed by atoms with Crippen LogP contribution >= 0.6 is 0 Å². The molecule has 8 nitrogen and oxygen atoms in total. The molecule has 1 aliphatic rings. The predicted octanol–water partition coefficient (Wildman–Crippen LogP) is -1.24. The molecule has 1 aliphatic heterocycles. The summed E-state index contributed by atoms with van der Waals surface area (Å²) in [5.41, 5.74) is 0. The van der Waals surface area contributed by atoms with Crippen molar-refractivity contribution < 1.29 is 24.3 Å². The topological polar surface area (TPSA) is 116 Å². The lowest BCUT2D eigenvalue weighted by molar-refractivity contribution is -0.142. The smallest absolute Gasteiger partial charge is 0.318 e. The number of piperazine rings is 1. The van der Waals surface area contributed by atoms with Crippen molar-refractivity contribution in [3.05, 3.63) is 0 Å². The van der Waals surface area contributed by atoms with E-state index in [1.807, 2.05) is 0 Å². The first-order valence-electron chi connectivity index (χ1n) is 5.42. The van der Waals surface area contributed by atoms with E-state index in [0.29, 0.717) is 0 Å². The molecule has 1 rings (SSSR count). The van der Waals surface area contributed by atoms with Crippen LogP contribution in [0.3, 0.4) is 0 Å². The summed E-state index contributed by atoms with van der Waals surface area (Å²) in [5.74, 6) is -2.90. The van der Waals surface area contributed by atoms with Crippen molar-refractivity contribution in [3.63, 3.8) is 0 Å². The Morgan fingerprint density at radius 2 is 1.78 bits per heavy atom. The van der Waals surface area contributed by atoms with Gasteiger partial charge in [-0.05, 0) is 13.8 Å². The summed E-state index contributed by atoms with van der Waals surface area (Å²) in [7, 11) is 0. The lowest BCUT2D eigenvalue weighted by Gasteiger charge is -2.28. The van der Waals surface area contributed by atoms with Gasteiger partial charge in [-0.1, -0.05) is 0 Å². The number of hydrogen-bond donors (Lipinski definition) is 3. The number of carbonyl (C=O) groups excluding carboxylic acids is 3. The maximum Gasteiger partial charge on any atom is 0.318 e. The molecule has 2 unspecified atom stereocenters. The minimum Gasteiger partial charge on any atom is -0.481 e. The summed E-state index contributed by atoms with van der Waals surface area (Å²) in [4.78, 5) is 45.6. The van der Waals surface area contributed by atoms with Gasteiger partial charge in [0.25, 0.3) is 0 Å². The number of rotatable bonds is 3. The van der Waals surface area contributed by atoms with Crippen LogP contribution in [-0.4, -0.2) is 53.0 Å². The molecule has 1 fully saturated rings. The fraction of sp³-hybridized carbons (Fsp3) is 0.600. The van der Waals surface area contributed by atoms with Crippen LogP contribution in [0.25, 0.3) is 0 Å². The van der Waals surface area contributed by atoms with Crippen molar-refractivity contribution in [2.75, 3.05) is 13.1 Å². The molecule has 0 aromatic heterocycles. The second-order valence-electron chi connectivity index (χ2n) is 4.19. The van der Waals surface area contributed by atoms with Crippen LogP contribution in [0.2, 0.25) is 0 Å². The molecule has 18 heavy (non-hydrogen) atoms. The number of carboxylic acid groups (broad SMARTS) is 1. The second kappa shape index (κ2) is 5.48. The number of urea groups is 1. The number of carbonyl (C=O) groups is 4. The Bertz CT molecular complexity index is 379. The van der Waals surface area contributed by atoms with E-state index >= 15 is 0 Å². The van der Waals surface area contributed by atoms with Crippen LogP contribution in [0.15, 0.2) is 0 Å². The Morgan fingerprint density at radius 3 is 2.22 bits per heavy atom. The van der Waals surface area contributed by atoms with Gasteiger partial charge in [0.2, 0.25) is 11.8 Å². The zero-order valence-corrected chi connectivity index (χ0v) is 10.1. The summed E-state index contributed by atoms with van der Waals surface area (Å²) in [6, 6.07) is -1.23. The van der Waals surface area contributed by atoms with Gasteiger partial charge in [-0.3, -0.25) is 19.7 Å². The third kappa shape index (κ3) is 3.44. The van der Waals surface area contributed by atoms with Gasteiger partial charge in [-0.25, -0.2) is 4.79 Å². The Hall–Kier alpha value is -2.12. The first-order valence-corrected chi connectivity index (χ1v) is 5.42. The highest BCUT2D eigenvalue weighted by Crippen LogP contribution is 2.04. The van der Waals surface area contributed by atoms with Gasteiger partial charge in [0.05, 0.1) is 5.92 Å². The minimum atomic E-state index is -1.03. The van der Waals surface area contributed by atoms with E-state index in [9.17, 15) is 19.2 Å². The summed E-state index contributed by atoms with van der Waals surface area (Å²) in [5, 5.41) is 13.3. The second-order valence-corrected chi connectivity index (χ2v) is 4.19. The highest BCUT2D eigenvalue weighted by atomic mass is 16.4. The molecule has 0 aliphatic carbocycles. The van der Waals surface area contributed by atoms with Crippen molar-refractivity contribution >= 4 is 23.8 Å². The first-order chi connectivity index (χ1) is 8.31. The SMILES string of the molecule is CC(NC(=O)N1CC(=O)NC(=O)C1)C(C)C(=O)O. The molecule has 1 heterocycles. The quantitative estimate of drug-likeness (QED) is 0.547. The molecule has 0 radical (unpaired) electrons. The van der Waals surface area contributed by atoms with E-state index in [1.54, 1.807) is 6.92 Å². The highest BCUT2D eigenvalue weighted by Gasteiger charge is 2.28. The first kappa shape index (κ1) is 13.9. The molecule has 1 saturated heterocycles. The van der Waals surface area contributed by atoms with E-state index in [-0.39, 0.29) is 13.1 Å². The molecule has 3 N–H and O–H groups in total. The number of amides is 4. The number of nitrogens with one attached hydrogen (secondary N) is 2. The van der Waals surface area contributed by atoms with Crippen LogP contribution < -0.4 is 10.6 Å². The van der Waals surface area contributed by atoms with Gasteiger partial charge in [-0.15, -0.1) is 0 Å². The normalized spacial score (nSPS) is 18.9. The lowest BCUT2D eigenvalue weighted by Crippen LogP contribution is -2.57. The third-order valence-corrected chi connectivity index (χ3v) is 2.73. The van der Waals surface area contributed by atoms with Crippen molar-refractivity contribution in [2.45, 2.75) is 19.9 Å². The molecule has 0 aromatic rings. The maximum absolute atomic E-state index is 11.7. The largest absolute Gasteiger partial charge is 0.481 e. The lowest BCUT2D eigenvalue weighted by atomic mass is 10.0. The molecular formula is C10H15N3O5. The summed E-state index contributed by atoms with van der Waals surface area (Å²) < 4.78 is 0. The number of nitrogens with zero attached hydrogens (tertiary/aromatic N) is 1. The molecule has 2 atom stereocenters. The molecular weight excluding hydrogens is 242 g/mol. The Morgan fingerprint density at radius 1 is 1.28 bits per heavy atom. The molecule has 0 aromatic carbocycles. The summed E-state index contributed by atoms with van der Waals surface area (Å²) in [6.45, 7) is 2.57. The highest BCUT2D eigenvalue weighted by molar-refractivity contribution is 6.02. The number of carboxylic acids is 1. The Kier molecular flexibility index (Phi) is 4.24. The van der Waals surface area contributed by atoms with Crippen molar-refractivity contribution in [1.82, 2.24) is 15.5 Å². The van der Waals surface area contributed by atoms with E-state index in [4.69, 9.17) is 5.11 Å². The Labute approximate surface area is 103 Å². The van der Waals surface area contributed by atoms with E-state index < -0.39 is 35.8 Å². The van der Waals surface area contributed by atoms with Crippen LogP contribution in [0.1, 0.15) is 13.8 Å². The van der Waals surface area contributed by atoms with E-state index in [0.717, 1.165) is 4.90 Å². The van der Waals surface area contributed by atoms with E-state index in [2.05, 4.69) is 10.6 Å². The van der Waals surface area contributed by atoms with Crippen molar-refractivity contribution in [1.29, 1.82) is 0 Å². The van der Waals surface area contributed by atoms with Gasteiger partial charge < -0.3 is 15.3 Å². The zero-order valence-electron chi connectivity index (χ0n) is 10.1. The average molecular weight is 257 g/mol. The van der Waals surface area contributed by atoms with Crippen LogP contribution in [0.4, 0.5) is 4.79 Å². The predicted molar refractivity (Wildman–Crippen MR) is 59.5 cm³/mol. The molecule has 0 bridgehead atoms. The summed E-state index contributed by atoms with van der Waals surface area (Å²) in [6.07, 6.45) is 0. The van der Waals surface area contributed by atoms with E-state index in [1.165, 1.54) is 6.92 Å². The van der Waals surface area contributed by atoms with Gasteiger partial charge in [0.1, 0.15) is 13.1 Å². The molecule has 100 valence electrons. The fourth-order valence-electron chi connectivity index (χ4n) is 1.41. The molecule has 0 saturated carbocycles. The average Bonchev–Trinajstić information content (AvgIpc) is 2.26. The Balaban J connectivity index is 2.57. The number of aliphatic carboxylic acids is 1. The van der Waals surface area contributed by atoms with Crippen molar-refractivity contribution in [2.24, 2.45) is 5.92 Å². The summed E-state index contributed by atoms with van der Waals surface area (Å²) >= 11 is 0. The van der Waals surface area contributed by atoms with Crippen LogP contribution in [-0.2, 0) is 14.4 Å². The maximum atomic E-state index is 11.7. The number of imide groups is 1. The number of hydrogen-bond acceptors (Lipinski definition) is 4. The molecule has 4 amide bonds. The monoisotopic (exact) mass is 257 g/mol. The van der Waals surface area contributed by atoms with Crippen LogP contribution in [0.5, 0.6) is 0 Å². The van der Waals surface area contributed by atoms with Crippen molar-refractivity contribution in [3.8, 4) is 0 Å². The molecule has 8 heteroatoms. The molecule has 0 spiro atoms. The third-order valence-electron chi connectivity index (χ3n) is 2.73. The zero-order chi connectivity index (χ0) is 13.9. The van der Waals surface area contributed by atoms with Gasteiger partial charge in [0, 0.05) is 6.04 Å². The van der Waals surface area contributed by atoms with Gasteiger partial charge in [0.15, 0.2) is 0 Å².